The molecule has 180 valence electrons. The van der Waals surface area contributed by atoms with Gasteiger partial charge in [0.15, 0.2) is 6.10 Å². The first kappa shape index (κ1) is 23.8. The lowest BCUT2D eigenvalue weighted by molar-refractivity contribution is -0.123. The van der Waals surface area contributed by atoms with Crippen LogP contribution in [-0.4, -0.2) is 36.4 Å². The number of sulfonamides is 1. The van der Waals surface area contributed by atoms with Crippen molar-refractivity contribution >= 4 is 44.3 Å². The van der Waals surface area contributed by atoms with E-state index in [1.165, 1.54) is 49.4 Å². The number of carbonyl (C=O) groups excluding carboxylic acids is 2. The first-order chi connectivity index (χ1) is 16.6. The normalized spacial score (nSPS) is 12.2. The summed E-state index contributed by atoms with van der Waals surface area (Å²) in [6.45, 7) is 3.35. The van der Waals surface area contributed by atoms with Crippen molar-refractivity contribution in [1.29, 1.82) is 0 Å². The number of esters is 1. The highest BCUT2D eigenvalue weighted by molar-refractivity contribution is 7.92. The molecule has 0 fully saturated rings. The van der Waals surface area contributed by atoms with E-state index >= 15 is 0 Å². The topological polar surface area (TPSA) is 150 Å². The molecule has 4 N–H and O–H groups in total. The number of H-pyrrole nitrogens is 2. The maximum absolute atomic E-state index is 12.7. The molecule has 0 aliphatic carbocycles. The van der Waals surface area contributed by atoms with Gasteiger partial charge in [-0.25, -0.2) is 18.0 Å². The molecule has 0 bridgehead atoms. The standard InChI is InChI=1S/C24H22N4O6S/c1-14-4-3-5-18(12-14)25-22(29)15(2)34-23(30)16-6-8-17(9-7-16)28-35(32,33)19-10-11-20-21(13-19)27-24(31)26-20/h3-13,15,28H,1-2H3,(H,25,29)(H2,26,27,31). The Labute approximate surface area is 200 Å². The lowest BCUT2D eigenvalue weighted by Crippen LogP contribution is -2.30. The van der Waals surface area contributed by atoms with Crippen molar-refractivity contribution in [3.63, 3.8) is 0 Å². The number of benzene rings is 3. The van der Waals surface area contributed by atoms with Crippen LogP contribution in [0.2, 0.25) is 0 Å². The number of amides is 1. The zero-order valence-electron chi connectivity index (χ0n) is 18.8. The lowest BCUT2D eigenvalue weighted by Gasteiger charge is -2.14. The van der Waals surface area contributed by atoms with E-state index in [1.807, 2.05) is 13.0 Å². The van der Waals surface area contributed by atoms with E-state index in [2.05, 4.69) is 20.0 Å². The summed E-state index contributed by atoms with van der Waals surface area (Å²) < 4.78 is 33.1. The van der Waals surface area contributed by atoms with E-state index in [4.69, 9.17) is 4.74 Å². The average molecular weight is 495 g/mol. The number of hydrogen-bond acceptors (Lipinski definition) is 6. The first-order valence-corrected chi connectivity index (χ1v) is 12.0. The summed E-state index contributed by atoms with van der Waals surface area (Å²) >= 11 is 0. The Hall–Kier alpha value is -4.38. The summed E-state index contributed by atoms with van der Waals surface area (Å²) in [4.78, 5) is 41.2. The summed E-state index contributed by atoms with van der Waals surface area (Å²) in [5, 5.41) is 2.69. The third-order valence-electron chi connectivity index (χ3n) is 5.11. The van der Waals surface area contributed by atoms with E-state index < -0.39 is 33.7 Å². The Morgan fingerprint density at radius 3 is 2.34 bits per heavy atom. The van der Waals surface area contributed by atoms with E-state index in [0.717, 1.165) is 5.56 Å². The maximum Gasteiger partial charge on any atom is 0.338 e. The van der Waals surface area contributed by atoms with Crippen molar-refractivity contribution in [2.24, 2.45) is 0 Å². The van der Waals surface area contributed by atoms with Crippen molar-refractivity contribution in [3.05, 3.63) is 88.3 Å². The molecular weight excluding hydrogens is 472 g/mol. The minimum absolute atomic E-state index is 0.0443. The molecule has 0 saturated carbocycles. The van der Waals surface area contributed by atoms with Gasteiger partial charge in [-0.15, -0.1) is 0 Å². The van der Waals surface area contributed by atoms with E-state index in [-0.39, 0.29) is 16.1 Å². The molecule has 0 aliphatic heterocycles. The summed E-state index contributed by atoms with van der Waals surface area (Å²) in [7, 11) is -3.95. The molecule has 1 aromatic heterocycles. The minimum Gasteiger partial charge on any atom is -0.449 e. The first-order valence-electron chi connectivity index (χ1n) is 10.5. The second-order valence-corrected chi connectivity index (χ2v) is 9.56. The third-order valence-corrected chi connectivity index (χ3v) is 6.49. The Morgan fingerprint density at radius 1 is 0.914 bits per heavy atom. The fraction of sp³-hybridized carbons (Fsp3) is 0.125. The molecule has 1 atom stereocenters. The SMILES string of the molecule is Cc1cccc(NC(=O)C(C)OC(=O)c2ccc(NS(=O)(=O)c3ccc4[nH]c(=O)[nH]c4c3)cc2)c1. The molecule has 35 heavy (non-hydrogen) atoms. The highest BCUT2D eigenvalue weighted by Gasteiger charge is 2.20. The second-order valence-electron chi connectivity index (χ2n) is 7.88. The van der Waals surface area contributed by atoms with Crippen molar-refractivity contribution in [1.82, 2.24) is 9.97 Å². The van der Waals surface area contributed by atoms with Crippen LogP contribution >= 0.6 is 0 Å². The largest absolute Gasteiger partial charge is 0.449 e. The highest BCUT2D eigenvalue weighted by Crippen LogP contribution is 2.20. The summed E-state index contributed by atoms with van der Waals surface area (Å²) in [6, 6.07) is 17.0. The highest BCUT2D eigenvalue weighted by atomic mass is 32.2. The molecule has 10 nitrogen and oxygen atoms in total. The number of nitrogens with one attached hydrogen (secondary N) is 4. The van der Waals surface area contributed by atoms with Crippen LogP contribution in [-0.2, 0) is 19.6 Å². The van der Waals surface area contributed by atoms with Gasteiger partial charge in [0.05, 0.1) is 21.5 Å². The van der Waals surface area contributed by atoms with Gasteiger partial charge in [0.1, 0.15) is 0 Å². The molecule has 0 saturated heterocycles. The number of ether oxygens (including phenoxy) is 1. The molecule has 0 spiro atoms. The van der Waals surface area contributed by atoms with E-state index in [9.17, 15) is 22.8 Å². The Balaban J connectivity index is 1.39. The maximum atomic E-state index is 12.7. The van der Waals surface area contributed by atoms with Crippen LogP contribution in [0.15, 0.2) is 76.4 Å². The second kappa shape index (κ2) is 9.47. The number of aryl methyl sites for hydroxylation is 1. The Morgan fingerprint density at radius 2 is 1.63 bits per heavy atom. The number of hydrogen-bond donors (Lipinski definition) is 4. The summed E-state index contributed by atoms with van der Waals surface area (Å²) in [5.74, 6) is -1.21. The van der Waals surface area contributed by atoms with E-state index in [0.29, 0.717) is 16.7 Å². The van der Waals surface area contributed by atoms with Gasteiger partial charge in [-0.1, -0.05) is 12.1 Å². The fourth-order valence-electron chi connectivity index (χ4n) is 3.32. The molecule has 1 heterocycles. The van der Waals surface area contributed by atoms with Crippen LogP contribution in [0, 0.1) is 6.92 Å². The van der Waals surface area contributed by atoms with Gasteiger partial charge in [0, 0.05) is 11.4 Å². The van der Waals surface area contributed by atoms with Gasteiger partial charge in [-0.2, -0.15) is 0 Å². The molecule has 1 amide bonds. The summed E-state index contributed by atoms with van der Waals surface area (Å²) in [5.41, 5.74) is 2.34. The number of carbonyl (C=O) groups is 2. The number of fused-ring (bicyclic) bond motifs is 1. The van der Waals surface area contributed by atoms with E-state index in [1.54, 1.807) is 18.2 Å². The van der Waals surface area contributed by atoms with Crippen LogP contribution in [0.4, 0.5) is 11.4 Å². The van der Waals surface area contributed by atoms with Crippen LogP contribution < -0.4 is 15.7 Å². The van der Waals surface area contributed by atoms with Crippen LogP contribution in [0.25, 0.3) is 11.0 Å². The number of anilines is 2. The Bertz CT molecular complexity index is 1570. The van der Waals surface area contributed by atoms with Gasteiger partial charge in [-0.05, 0) is 74.0 Å². The van der Waals surface area contributed by atoms with Crippen molar-refractivity contribution < 1.29 is 22.7 Å². The van der Waals surface area contributed by atoms with Gasteiger partial charge in [0.25, 0.3) is 15.9 Å². The predicted octanol–water partition coefficient (Wildman–Crippen LogP) is 3.15. The van der Waals surface area contributed by atoms with Crippen molar-refractivity contribution in [2.75, 3.05) is 10.0 Å². The molecule has 1 unspecified atom stereocenters. The molecule has 3 aromatic carbocycles. The fourth-order valence-corrected chi connectivity index (χ4v) is 4.40. The molecule has 0 aliphatic rings. The predicted molar refractivity (Wildman–Crippen MR) is 131 cm³/mol. The monoisotopic (exact) mass is 494 g/mol. The molecule has 0 radical (unpaired) electrons. The number of aromatic nitrogens is 2. The van der Waals surface area contributed by atoms with Gasteiger partial charge in [-0.3, -0.25) is 9.52 Å². The van der Waals surface area contributed by atoms with Crippen molar-refractivity contribution in [3.8, 4) is 0 Å². The average Bonchev–Trinajstić information content (AvgIpc) is 3.18. The zero-order valence-corrected chi connectivity index (χ0v) is 19.6. The van der Waals surface area contributed by atoms with Crippen LogP contribution in [0.1, 0.15) is 22.8 Å². The molecule has 11 heteroatoms. The van der Waals surface area contributed by atoms with Crippen LogP contribution in [0.3, 0.4) is 0 Å². The number of imidazole rings is 1. The minimum atomic E-state index is -3.95. The number of rotatable bonds is 7. The van der Waals surface area contributed by atoms with Gasteiger partial charge < -0.3 is 20.0 Å². The van der Waals surface area contributed by atoms with Crippen molar-refractivity contribution in [2.45, 2.75) is 24.8 Å². The Kier molecular flexibility index (Phi) is 6.43. The summed E-state index contributed by atoms with van der Waals surface area (Å²) in [6.07, 6.45) is -1.05. The quantitative estimate of drug-likeness (QED) is 0.290. The third kappa shape index (κ3) is 5.58. The molecular formula is C24H22N4O6S. The van der Waals surface area contributed by atoms with Crippen LogP contribution in [0.5, 0.6) is 0 Å². The molecule has 4 rings (SSSR count). The number of aromatic amines is 2. The zero-order chi connectivity index (χ0) is 25.2. The smallest absolute Gasteiger partial charge is 0.338 e. The van der Waals surface area contributed by atoms with Gasteiger partial charge in [0.2, 0.25) is 0 Å². The lowest BCUT2D eigenvalue weighted by atomic mass is 10.2. The molecule has 4 aromatic rings. The van der Waals surface area contributed by atoms with Gasteiger partial charge >= 0.3 is 11.7 Å².